The minimum Gasteiger partial charge on any atom is -0.875 e. The van der Waals surface area contributed by atoms with Crippen molar-refractivity contribution in [1.82, 2.24) is 0 Å². The zero-order valence-electron chi connectivity index (χ0n) is 36.4. The van der Waals surface area contributed by atoms with Crippen molar-refractivity contribution in [3.05, 3.63) is 123 Å². The number of aliphatic imine (C=N–C) groups is 1. The fourth-order valence-corrected chi connectivity index (χ4v) is 14.5. The van der Waals surface area contributed by atoms with Crippen LogP contribution in [0.1, 0.15) is 141 Å². The van der Waals surface area contributed by atoms with Crippen molar-refractivity contribution in [2.24, 2.45) is 38.6 Å². The third kappa shape index (κ3) is 9.40. The van der Waals surface area contributed by atoms with Crippen LogP contribution in [0.3, 0.4) is 0 Å². The Hall–Kier alpha value is -4.40. The van der Waals surface area contributed by atoms with Crippen LogP contribution < -0.4 is 21.3 Å². The van der Waals surface area contributed by atoms with Crippen LogP contribution in [0.15, 0.2) is 89.3 Å². The van der Waals surface area contributed by atoms with E-state index in [-0.39, 0.29) is 46.9 Å². The molecule has 2 aliphatic heterocycles. The molecule has 6 aliphatic rings. The third-order valence-corrected chi connectivity index (χ3v) is 17.8. The maximum atomic E-state index is 14.2. The number of phenols is 2. The number of carbonyl (C=O) groups is 1. The van der Waals surface area contributed by atoms with Crippen LogP contribution in [0.2, 0.25) is 0 Å². The van der Waals surface area contributed by atoms with Gasteiger partial charge in [-0.15, -0.1) is 5.76 Å². The first-order valence-corrected chi connectivity index (χ1v) is 25.4. The summed E-state index contributed by atoms with van der Waals surface area (Å²) in [5.41, 5.74) is 20.7. The van der Waals surface area contributed by atoms with Gasteiger partial charge in [0.05, 0.1) is 24.9 Å². The van der Waals surface area contributed by atoms with Gasteiger partial charge in [0.25, 0.3) is 0 Å². The lowest BCUT2D eigenvalue weighted by Gasteiger charge is -2.46. The van der Waals surface area contributed by atoms with Crippen molar-refractivity contribution in [2.45, 2.75) is 121 Å². The molecule has 4 atom stereocenters. The number of carbonyl (C=O) groups excluding carboxylic acids is 1. The first-order chi connectivity index (χ1) is 30.4. The van der Waals surface area contributed by atoms with Gasteiger partial charge in [0.1, 0.15) is 5.75 Å². The number of allylic oxidation sites excluding steroid dienone is 5. The molecule has 10 heteroatoms. The SMILES string of the molecule is CC1(CC2CCC34CCC2(C=CC(=O)CCc2ccc(O)c(c2)OCCc2ccc(O)c(c2)C2CC([O-])=C5C=CN=C5CC#Cc5cc(C(N)N)c(cc52)CSSC3)C4)CCCC1. The quantitative estimate of drug-likeness (QED) is 0.114. The molecular weight excluding hydrogens is 823 g/mol. The van der Waals surface area contributed by atoms with Gasteiger partial charge >= 0.3 is 0 Å². The van der Waals surface area contributed by atoms with Crippen LogP contribution in [-0.2, 0) is 23.4 Å². The van der Waals surface area contributed by atoms with E-state index in [4.69, 9.17) is 16.2 Å². The Kier molecular flexibility index (Phi) is 12.7. The van der Waals surface area contributed by atoms with Gasteiger partial charge in [0.15, 0.2) is 17.3 Å². The van der Waals surface area contributed by atoms with Crippen LogP contribution in [0.4, 0.5) is 0 Å². The van der Waals surface area contributed by atoms with Crippen molar-refractivity contribution in [3.8, 4) is 29.1 Å². The number of fused-ring (bicyclic) bond motifs is 7. The van der Waals surface area contributed by atoms with E-state index >= 15 is 0 Å². The number of rotatable bonds is 3. The molecule has 4 unspecified atom stereocenters. The molecule has 3 aromatic carbocycles. The Morgan fingerprint density at radius 3 is 2.57 bits per heavy atom. The molecule has 0 saturated heterocycles. The third-order valence-electron chi connectivity index (χ3n) is 15.3. The van der Waals surface area contributed by atoms with E-state index in [0.29, 0.717) is 65.4 Å². The molecule has 0 spiro atoms. The highest BCUT2D eigenvalue weighted by molar-refractivity contribution is 8.76. The first-order valence-electron chi connectivity index (χ1n) is 22.9. The number of nitrogens with two attached hydrogens (primary N) is 2. The van der Waals surface area contributed by atoms with E-state index in [9.17, 15) is 20.1 Å². The molecule has 0 amide bonds. The van der Waals surface area contributed by atoms with Crippen LogP contribution in [0.5, 0.6) is 17.2 Å². The standard InChI is InChI=1S/C53H61N3O5S2/c1-51(17-2-3-18-51)30-38-13-19-52-21-22-53(38,32-52)20-14-39(57)10-7-34-9-12-47(59)49(26-34)61-24-16-35-8-11-46(58)44(25-35)43-29-48(60)40-15-23-56-45(40)6-4-5-36-27-42(50(54)55)37(28-41(36)43)31-62-63-33-52/h8-9,11-12,14-15,20,23,25-28,38,43,50,58-60H,2-3,6-7,10,13,16-19,21-22,24,29-33,54-55H2,1H3/p-1. The Morgan fingerprint density at radius 2 is 1.75 bits per heavy atom. The second kappa shape index (κ2) is 18.2. The van der Waals surface area contributed by atoms with E-state index in [1.807, 2.05) is 58.0 Å². The van der Waals surface area contributed by atoms with Gasteiger partial charge in [-0.3, -0.25) is 9.79 Å². The van der Waals surface area contributed by atoms with E-state index in [1.54, 1.807) is 24.4 Å². The Labute approximate surface area is 380 Å². The minimum atomic E-state index is -0.732. The molecule has 8 bridgehead atoms. The van der Waals surface area contributed by atoms with E-state index in [2.05, 4.69) is 35.9 Å². The van der Waals surface area contributed by atoms with Crippen LogP contribution in [0.25, 0.3) is 0 Å². The molecule has 63 heavy (non-hydrogen) atoms. The van der Waals surface area contributed by atoms with Crippen LogP contribution in [0, 0.1) is 34.0 Å². The number of ketones is 1. The van der Waals surface area contributed by atoms with Crippen molar-refractivity contribution in [1.29, 1.82) is 0 Å². The highest BCUT2D eigenvalue weighted by Gasteiger charge is 2.55. The number of aryl methyl sites for hydroxylation is 1. The second-order valence-electron chi connectivity index (χ2n) is 19.6. The molecule has 0 radical (unpaired) electrons. The highest BCUT2D eigenvalue weighted by atomic mass is 33.1. The lowest BCUT2D eigenvalue weighted by molar-refractivity contribution is -0.307. The van der Waals surface area contributed by atoms with Gasteiger partial charge in [-0.25, -0.2) is 0 Å². The monoisotopic (exact) mass is 882 g/mol. The summed E-state index contributed by atoms with van der Waals surface area (Å²) in [4.78, 5) is 18.1. The Balaban J connectivity index is 1.09. The largest absolute Gasteiger partial charge is 0.875 e. The zero-order chi connectivity index (χ0) is 43.8. The average molecular weight is 883 g/mol. The van der Waals surface area contributed by atoms with Crippen molar-refractivity contribution in [3.63, 3.8) is 0 Å². The Morgan fingerprint density at radius 1 is 0.937 bits per heavy atom. The van der Waals surface area contributed by atoms with Crippen LogP contribution >= 0.6 is 21.6 Å². The highest BCUT2D eigenvalue weighted by Crippen LogP contribution is 2.65. The van der Waals surface area contributed by atoms with Crippen LogP contribution in [-0.4, -0.2) is 34.1 Å². The minimum absolute atomic E-state index is 0.0260. The summed E-state index contributed by atoms with van der Waals surface area (Å²) in [6.07, 6.45) is 21.1. The molecule has 3 fully saturated rings. The smallest absolute Gasteiger partial charge is 0.161 e. The average Bonchev–Trinajstić information content (AvgIpc) is 4.00. The fourth-order valence-electron chi connectivity index (χ4n) is 11.7. The number of phenolic OH excluding ortho intramolecular Hbond substituents is 2. The maximum absolute atomic E-state index is 14.2. The normalized spacial score (nSPS) is 27.1. The summed E-state index contributed by atoms with van der Waals surface area (Å²) in [5, 5.41) is 36.6. The molecule has 3 saturated carbocycles. The molecule has 0 aromatic heterocycles. The fraction of sp³-hybridized carbons (Fsp3) is 0.472. The summed E-state index contributed by atoms with van der Waals surface area (Å²) in [6, 6.07) is 15.0. The molecule has 9 rings (SSSR count). The lowest BCUT2D eigenvalue weighted by Crippen LogP contribution is -2.37. The van der Waals surface area contributed by atoms with E-state index < -0.39 is 12.1 Å². The summed E-state index contributed by atoms with van der Waals surface area (Å²) in [7, 11) is 3.76. The second-order valence-corrected chi connectivity index (χ2v) is 22.1. The summed E-state index contributed by atoms with van der Waals surface area (Å²) >= 11 is 0. The first kappa shape index (κ1) is 43.8. The summed E-state index contributed by atoms with van der Waals surface area (Å²) < 4.78 is 6.18. The number of hydrogen-bond donors (Lipinski definition) is 4. The van der Waals surface area contributed by atoms with Gasteiger partial charge in [0, 0.05) is 47.6 Å². The van der Waals surface area contributed by atoms with Crippen molar-refractivity contribution >= 4 is 33.1 Å². The molecule has 2 heterocycles. The Bertz CT molecular complexity index is 2450. The van der Waals surface area contributed by atoms with E-state index in [0.717, 1.165) is 58.4 Å². The summed E-state index contributed by atoms with van der Waals surface area (Å²) in [6.45, 7) is 2.76. The van der Waals surface area contributed by atoms with Crippen molar-refractivity contribution in [2.75, 3.05) is 12.4 Å². The van der Waals surface area contributed by atoms with Crippen molar-refractivity contribution < 1.29 is 24.9 Å². The molecule has 6 N–H and O–H groups in total. The molecule has 4 aliphatic carbocycles. The molecule has 8 nitrogen and oxygen atoms in total. The maximum Gasteiger partial charge on any atom is 0.161 e. The molecule has 330 valence electrons. The van der Waals surface area contributed by atoms with Gasteiger partial charge in [-0.05, 0) is 156 Å². The zero-order valence-corrected chi connectivity index (χ0v) is 38.1. The summed E-state index contributed by atoms with van der Waals surface area (Å²) in [5.74, 6) is 9.01. The number of aromatic hydroxyl groups is 2. The molecule has 3 aromatic rings. The lowest BCUT2D eigenvalue weighted by atomic mass is 9.59. The topological polar surface area (TPSA) is 154 Å². The van der Waals surface area contributed by atoms with Gasteiger partial charge in [-0.1, -0.05) is 83.5 Å². The number of benzene rings is 3. The number of hydrogen-bond acceptors (Lipinski definition) is 10. The number of ether oxygens (including phenoxy) is 1. The van der Waals surface area contributed by atoms with Gasteiger partial charge < -0.3 is 31.5 Å². The predicted octanol–water partition coefficient (Wildman–Crippen LogP) is 9.99. The van der Waals surface area contributed by atoms with Gasteiger partial charge in [0.2, 0.25) is 0 Å². The number of nitrogens with zero attached hydrogens (tertiary/aromatic N) is 1. The van der Waals surface area contributed by atoms with Gasteiger partial charge in [-0.2, -0.15) is 0 Å². The van der Waals surface area contributed by atoms with E-state index in [1.165, 1.54) is 44.9 Å². The predicted molar refractivity (Wildman–Crippen MR) is 253 cm³/mol. The molecular formula is C53H60N3O5S2-.